The zero-order valence-electron chi connectivity index (χ0n) is 9.43. The van der Waals surface area contributed by atoms with E-state index in [1.54, 1.807) is 13.8 Å². The quantitative estimate of drug-likeness (QED) is 0.734. The summed E-state index contributed by atoms with van der Waals surface area (Å²) < 4.78 is 32.4. The fourth-order valence-electron chi connectivity index (χ4n) is 1.41. The van der Waals surface area contributed by atoms with Crippen molar-refractivity contribution in [1.82, 2.24) is 0 Å². The van der Waals surface area contributed by atoms with Crippen molar-refractivity contribution >= 4 is 7.60 Å². The molecule has 90 valence electrons. The summed E-state index contributed by atoms with van der Waals surface area (Å²) in [5, 5.41) is 0. The molecule has 1 aliphatic heterocycles. The Morgan fingerprint density at radius 3 is 2.33 bits per heavy atom. The second-order valence-corrected chi connectivity index (χ2v) is 6.17. The molecule has 2 N–H and O–H groups in total. The largest absolute Gasteiger partial charge is 0.349 e. The monoisotopic (exact) mass is 239 g/mol. The lowest BCUT2D eigenvalue weighted by atomic mass is 10.4. The van der Waals surface area contributed by atoms with Crippen LogP contribution in [0.25, 0.3) is 0 Å². The molecule has 0 aromatic rings. The summed E-state index contributed by atoms with van der Waals surface area (Å²) in [5.74, 6) is -1.54. The SMILES string of the molecule is COP(=O)(OC)[C@H](N)C1COC(C)(C)O1. The van der Waals surface area contributed by atoms with E-state index in [1.165, 1.54) is 14.2 Å². The van der Waals surface area contributed by atoms with Gasteiger partial charge in [-0.15, -0.1) is 0 Å². The molecular weight excluding hydrogens is 221 g/mol. The molecule has 1 aliphatic rings. The number of ether oxygens (including phenoxy) is 2. The van der Waals surface area contributed by atoms with E-state index in [0.29, 0.717) is 0 Å². The number of rotatable bonds is 4. The van der Waals surface area contributed by atoms with E-state index in [4.69, 9.17) is 24.3 Å². The van der Waals surface area contributed by atoms with Crippen molar-refractivity contribution in [3.63, 3.8) is 0 Å². The van der Waals surface area contributed by atoms with E-state index in [-0.39, 0.29) is 6.61 Å². The third kappa shape index (κ3) is 2.78. The van der Waals surface area contributed by atoms with Crippen LogP contribution in [0.2, 0.25) is 0 Å². The van der Waals surface area contributed by atoms with Crippen LogP contribution in [0, 0.1) is 0 Å². The maximum Gasteiger partial charge on any atom is 0.349 e. The molecule has 1 fully saturated rings. The molecule has 6 nitrogen and oxygen atoms in total. The molecule has 1 heterocycles. The maximum absolute atomic E-state index is 11.9. The minimum atomic E-state index is -3.30. The first kappa shape index (κ1) is 13.1. The molecule has 0 aliphatic carbocycles. The Morgan fingerprint density at radius 1 is 1.47 bits per heavy atom. The summed E-state index contributed by atoms with van der Waals surface area (Å²) in [6, 6.07) is 0. The Balaban J connectivity index is 2.70. The predicted molar refractivity (Wildman–Crippen MR) is 54.5 cm³/mol. The molecule has 0 aromatic carbocycles. The molecule has 1 saturated heterocycles. The third-order valence-corrected chi connectivity index (χ3v) is 4.37. The summed E-state index contributed by atoms with van der Waals surface area (Å²) in [7, 11) is -0.712. The Kier molecular flexibility index (Phi) is 3.92. The number of nitrogens with two attached hydrogens (primary N) is 1. The zero-order chi connectivity index (χ0) is 11.7. The van der Waals surface area contributed by atoms with E-state index < -0.39 is 25.3 Å². The van der Waals surface area contributed by atoms with E-state index in [9.17, 15) is 4.57 Å². The van der Waals surface area contributed by atoms with Gasteiger partial charge >= 0.3 is 7.60 Å². The zero-order valence-corrected chi connectivity index (χ0v) is 10.3. The molecule has 0 radical (unpaired) electrons. The van der Waals surface area contributed by atoms with Crippen LogP contribution in [0.4, 0.5) is 0 Å². The second-order valence-electron chi connectivity index (χ2n) is 3.76. The lowest BCUT2D eigenvalue weighted by molar-refractivity contribution is -0.138. The summed E-state index contributed by atoms with van der Waals surface area (Å²) >= 11 is 0. The Morgan fingerprint density at radius 2 is 2.00 bits per heavy atom. The van der Waals surface area contributed by atoms with E-state index in [0.717, 1.165) is 0 Å². The average Bonchev–Trinajstić information content (AvgIpc) is 2.56. The van der Waals surface area contributed by atoms with Crippen molar-refractivity contribution in [3.05, 3.63) is 0 Å². The second kappa shape index (κ2) is 4.49. The van der Waals surface area contributed by atoms with Crippen molar-refractivity contribution in [1.29, 1.82) is 0 Å². The van der Waals surface area contributed by atoms with Crippen molar-refractivity contribution in [2.45, 2.75) is 31.5 Å². The van der Waals surface area contributed by atoms with Crippen molar-refractivity contribution < 1.29 is 23.1 Å². The minimum Gasteiger partial charge on any atom is -0.348 e. The van der Waals surface area contributed by atoms with Crippen LogP contribution in [0.3, 0.4) is 0 Å². The molecule has 15 heavy (non-hydrogen) atoms. The van der Waals surface area contributed by atoms with Crippen LogP contribution in [0.15, 0.2) is 0 Å². The van der Waals surface area contributed by atoms with Gasteiger partial charge in [0, 0.05) is 14.2 Å². The van der Waals surface area contributed by atoms with E-state index >= 15 is 0 Å². The molecule has 0 saturated carbocycles. The Bertz CT molecular complexity index is 262. The fraction of sp³-hybridized carbons (Fsp3) is 1.00. The summed E-state index contributed by atoms with van der Waals surface area (Å²) in [6.07, 6.45) is -0.481. The molecule has 0 aromatic heterocycles. The van der Waals surface area contributed by atoms with Gasteiger partial charge in [0.05, 0.1) is 6.61 Å². The van der Waals surface area contributed by atoms with Gasteiger partial charge in [-0.2, -0.15) is 0 Å². The normalized spacial score (nSPS) is 27.9. The van der Waals surface area contributed by atoms with Gasteiger partial charge < -0.3 is 24.3 Å². The highest BCUT2D eigenvalue weighted by Gasteiger charge is 2.44. The van der Waals surface area contributed by atoms with Crippen LogP contribution in [-0.2, 0) is 23.1 Å². The third-order valence-electron chi connectivity index (χ3n) is 2.29. The molecule has 2 atom stereocenters. The predicted octanol–water partition coefficient (Wildman–Crippen LogP) is 0.909. The average molecular weight is 239 g/mol. The van der Waals surface area contributed by atoms with Gasteiger partial charge in [0.25, 0.3) is 0 Å². The minimum absolute atomic E-state index is 0.283. The smallest absolute Gasteiger partial charge is 0.348 e. The summed E-state index contributed by atoms with van der Waals surface area (Å²) in [6.45, 7) is 3.82. The van der Waals surface area contributed by atoms with Crippen LogP contribution >= 0.6 is 7.60 Å². The van der Waals surface area contributed by atoms with E-state index in [2.05, 4.69) is 0 Å². The highest BCUT2D eigenvalue weighted by molar-refractivity contribution is 7.54. The van der Waals surface area contributed by atoms with Gasteiger partial charge in [0.1, 0.15) is 11.9 Å². The van der Waals surface area contributed by atoms with Crippen LogP contribution < -0.4 is 5.73 Å². The van der Waals surface area contributed by atoms with Gasteiger partial charge in [0.2, 0.25) is 0 Å². The Hall–Kier alpha value is 0.0300. The summed E-state index contributed by atoms with van der Waals surface area (Å²) in [4.78, 5) is 0. The number of hydrogen-bond donors (Lipinski definition) is 1. The molecule has 0 spiro atoms. The van der Waals surface area contributed by atoms with Gasteiger partial charge in [-0.1, -0.05) is 0 Å². The first-order chi connectivity index (χ1) is 6.84. The van der Waals surface area contributed by atoms with Gasteiger partial charge in [-0.25, -0.2) is 0 Å². The lowest BCUT2D eigenvalue weighted by Gasteiger charge is -2.25. The van der Waals surface area contributed by atoms with Gasteiger partial charge in [0.15, 0.2) is 5.79 Å². The first-order valence-electron chi connectivity index (χ1n) is 4.63. The van der Waals surface area contributed by atoms with Crippen molar-refractivity contribution in [2.75, 3.05) is 20.8 Å². The highest BCUT2D eigenvalue weighted by atomic mass is 31.2. The number of hydrogen-bond acceptors (Lipinski definition) is 6. The van der Waals surface area contributed by atoms with Crippen molar-refractivity contribution in [2.24, 2.45) is 5.73 Å². The Labute approximate surface area is 89.5 Å². The fourth-order valence-corrected chi connectivity index (χ4v) is 2.60. The van der Waals surface area contributed by atoms with E-state index in [1.807, 2.05) is 0 Å². The maximum atomic E-state index is 11.9. The molecule has 0 amide bonds. The first-order valence-corrected chi connectivity index (χ1v) is 6.24. The van der Waals surface area contributed by atoms with Crippen LogP contribution in [0.1, 0.15) is 13.8 Å². The topological polar surface area (TPSA) is 80.0 Å². The highest BCUT2D eigenvalue weighted by Crippen LogP contribution is 2.52. The van der Waals surface area contributed by atoms with Gasteiger partial charge in [-0.05, 0) is 13.8 Å². The molecule has 1 rings (SSSR count). The molecule has 7 heteroatoms. The van der Waals surface area contributed by atoms with Gasteiger partial charge in [-0.3, -0.25) is 4.57 Å². The summed E-state index contributed by atoms with van der Waals surface area (Å²) in [5.41, 5.74) is 5.78. The molecular formula is C8H18NO5P. The van der Waals surface area contributed by atoms with Crippen LogP contribution in [-0.4, -0.2) is 38.5 Å². The molecule has 1 unspecified atom stereocenters. The lowest BCUT2D eigenvalue weighted by Crippen LogP contribution is -2.38. The standard InChI is InChI=1S/C8H18NO5P/c1-8(2)13-5-6(14-8)7(9)15(10,11-3)12-4/h6-7H,5,9H2,1-4H3/t6?,7-/m0/s1. The molecule has 0 bridgehead atoms. The van der Waals surface area contributed by atoms with Crippen LogP contribution in [0.5, 0.6) is 0 Å². The van der Waals surface area contributed by atoms with Crippen molar-refractivity contribution in [3.8, 4) is 0 Å².